The average molecular weight is 430 g/mol. The maximum atomic E-state index is 14.2. The summed E-state index contributed by atoms with van der Waals surface area (Å²) >= 11 is 0. The van der Waals surface area contributed by atoms with Gasteiger partial charge < -0.3 is 5.11 Å². The molecule has 32 heavy (non-hydrogen) atoms. The van der Waals surface area contributed by atoms with E-state index in [1.807, 2.05) is 0 Å². The number of hydrogen-bond donors (Lipinski definition) is 1. The lowest BCUT2D eigenvalue weighted by atomic mass is 9.58. The molecule has 0 aliphatic heterocycles. The first-order chi connectivity index (χ1) is 15.3. The molecule has 1 N–H and O–H groups in total. The van der Waals surface area contributed by atoms with Gasteiger partial charge in [0.1, 0.15) is 11.6 Å². The van der Waals surface area contributed by atoms with Crippen molar-refractivity contribution in [3.8, 4) is 0 Å². The fraction of sp³-hybridized carbons (Fsp3) is 0.222. The van der Waals surface area contributed by atoms with E-state index in [0.29, 0.717) is 16.7 Å². The van der Waals surface area contributed by atoms with Crippen molar-refractivity contribution >= 4 is 17.3 Å². The van der Waals surface area contributed by atoms with Gasteiger partial charge in [0.25, 0.3) is 0 Å². The van der Waals surface area contributed by atoms with E-state index in [2.05, 4.69) is 0 Å². The van der Waals surface area contributed by atoms with Crippen molar-refractivity contribution in [3.05, 3.63) is 107 Å². The third kappa shape index (κ3) is 4.04. The second-order valence-electron chi connectivity index (χ2n) is 8.50. The molecule has 1 fully saturated rings. The fourth-order valence-electron chi connectivity index (χ4n) is 4.77. The molecule has 0 spiro atoms. The molecular formula is C27H23FO4. The SMILES string of the molecule is C[C@]1(O)CC(=O)[C@H](C(=O)c2ccccc2)[C@@H](c2cccc(F)c2)[C@H]1C(=O)c1ccccc1. The summed E-state index contributed by atoms with van der Waals surface area (Å²) in [6, 6.07) is 22.4. The highest BCUT2D eigenvalue weighted by Crippen LogP contribution is 2.48. The molecule has 162 valence electrons. The van der Waals surface area contributed by atoms with Gasteiger partial charge in [0.05, 0.1) is 17.4 Å². The molecule has 0 bridgehead atoms. The summed E-state index contributed by atoms with van der Waals surface area (Å²) in [7, 11) is 0. The lowest BCUT2D eigenvalue weighted by molar-refractivity contribution is -0.134. The lowest BCUT2D eigenvalue weighted by Gasteiger charge is -2.45. The summed E-state index contributed by atoms with van der Waals surface area (Å²) in [6.45, 7) is 1.44. The van der Waals surface area contributed by atoms with Crippen LogP contribution in [0.3, 0.4) is 0 Å². The molecule has 3 aromatic carbocycles. The zero-order valence-corrected chi connectivity index (χ0v) is 17.6. The van der Waals surface area contributed by atoms with Crippen LogP contribution >= 0.6 is 0 Å². The Labute approximate surface area is 185 Å². The maximum absolute atomic E-state index is 14.2. The van der Waals surface area contributed by atoms with Gasteiger partial charge in [-0.3, -0.25) is 14.4 Å². The number of benzene rings is 3. The highest BCUT2D eigenvalue weighted by molar-refractivity contribution is 6.13. The van der Waals surface area contributed by atoms with Crippen LogP contribution in [0.4, 0.5) is 4.39 Å². The molecule has 0 amide bonds. The molecule has 0 aromatic heterocycles. The highest BCUT2D eigenvalue weighted by atomic mass is 19.1. The number of rotatable bonds is 5. The highest BCUT2D eigenvalue weighted by Gasteiger charge is 2.55. The molecular weight excluding hydrogens is 407 g/mol. The van der Waals surface area contributed by atoms with Gasteiger partial charge in [0.15, 0.2) is 11.6 Å². The van der Waals surface area contributed by atoms with Gasteiger partial charge in [-0.25, -0.2) is 4.39 Å². The molecule has 0 unspecified atom stereocenters. The smallest absolute Gasteiger partial charge is 0.173 e. The summed E-state index contributed by atoms with van der Waals surface area (Å²) in [6.07, 6.45) is -0.342. The summed E-state index contributed by atoms with van der Waals surface area (Å²) in [5, 5.41) is 11.3. The van der Waals surface area contributed by atoms with Gasteiger partial charge in [-0.1, -0.05) is 72.8 Å². The van der Waals surface area contributed by atoms with Gasteiger partial charge in [0, 0.05) is 23.5 Å². The number of ketones is 3. The Morgan fingerprint density at radius 1 is 0.875 bits per heavy atom. The van der Waals surface area contributed by atoms with Crippen LogP contribution in [0.15, 0.2) is 84.9 Å². The van der Waals surface area contributed by atoms with E-state index in [4.69, 9.17) is 0 Å². The summed E-state index contributed by atoms with van der Waals surface area (Å²) < 4.78 is 14.2. The zero-order valence-electron chi connectivity index (χ0n) is 17.6. The van der Waals surface area contributed by atoms with Crippen LogP contribution in [0.5, 0.6) is 0 Å². The largest absolute Gasteiger partial charge is 0.389 e. The van der Waals surface area contributed by atoms with Crippen LogP contribution in [-0.2, 0) is 4.79 Å². The quantitative estimate of drug-likeness (QED) is 0.473. The van der Waals surface area contributed by atoms with E-state index in [9.17, 15) is 23.9 Å². The van der Waals surface area contributed by atoms with Gasteiger partial charge in [-0.2, -0.15) is 0 Å². The molecule has 0 heterocycles. The number of carbonyl (C=O) groups excluding carboxylic acids is 3. The molecule has 3 aromatic rings. The van der Waals surface area contributed by atoms with E-state index in [0.717, 1.165) is 0 Å². The number of hydrogen-bond acceptors (Lipinski definition) is 4. The number of Topliss-reactive ketones (excluding diaryl/α,β-unsaturated/α-hetero) is 3. The van der Waals surface area contributed by atoms with Crippen LogP contribution < -0.4 is 0 Å². The Morgan fingerprint density at radius 2 is 1.44 bits per heavy atom. The Bertz CT molecular complexity index is 1150. The first-order valence-corrected chi connectivity index (χ1v) is 10.5. The standard InChI is InChI=1S/C27H23FO4/c1-27(32)16-21(29)23(25(30)17-9-4-2-5-10-17)22(19-13-8-14-20(28)15-19)24(27)26(31)18-11-6-3-7-12-18/h2-15,22-24,32H,16H2,1H3/t22-,23+,24+,27+/m1/s1. The van der Waals surface area contributed by atoms with Crippen LogP contribution in [0.1, 0.15) is 45.5 Å². The molecule has 1 aliphatic carbocycles. The predicted molar refractivity (Wildman–Crippen MR) is 118 cm³/mol. The van der Waals surface area contributed by atoms with Crippen molar-refractivity contribution in [2.75, 3.05) is 0 Å². The van der Waals surface area contributed by atoms with Gasteiger partial charge in [-0.15, -0.1) is 0 Å². The van der Waals surface area contributed by atoms with E-state index >= 15 is 0 Å². The van der Waals surface area contributed by atoms with E-state index in [1.54, 1.807) is 66.7 Å². The molecule has 4 atom stereocenters. The second-order valence-corrected chi connectivity index (χ2v) is 8.50. The van der Waals surface area contributed by atoms with E-state index < -0.39 is 40.7 Å². The summed E-state index contributed by atoms with van der Waals surface area (Å²) in [4.78, 5) is 40.3. The Balaban J connectivity index is 1.90. The maximum Gasteiger partial charge on any atom is 0.173 e. The summed E-state index contributed by atoms with van der Waals surface area (Å²) in [5.41, 5.74) is -0.671. The van der Waals surface area contributed by atoms with Crippen molar-refractivity contribution in [2.24, 2.45) is 11.8 Å². The Kier molecular flexibility index (Phi) is 5.85. The van der Waals surface area contributed by atoms with Crippen LogP contribution in [0, 0.1) is 17.7 Å². The van der Waals surface area contributed by atoms with Gasteiger partial charge >= 0.3 is 0 Å². The topological polar surface area (TPSA) is 71.4 Å². The molecule has 1 saturated carbocycles. The van der Waals surface area contributed by atoms with Gasteiger partial charge in [-0.05, 0) is 24.6 Å². The molecule has 4 nitrogen and oxygen atoms in total. The third-order valence-electron chi connectivity index (χ3n) is 6.18. The molecule has 0 radical (unpaired) electrons. The number of aliphatic hydroxyl groups is 1. The molecule has 0 saturated heterocycles. The normalized spacial score (nSPS) is 25.3. The van der Waals surface area contributed by atoms with Crippen molar-refractivity contribution in [1.82, 2.24) is 0 Å². The van der Waals surface area contributed by atoms with Crippen molar-refractivity contribution in [2.45, 2.75) is 24.9 Å². The van der Waals surface area contributed by atoms with Crippen molar-refractivity contribution < 1.29 is 23.9 Å². The van der Waals surface area contributed by atoms with E-state index in [1.165, 1.54) is 25.1 Å². The minimum Gasteiger partial charge on any atom is -0.389 e. The van der Waals surface area contributed by atoms with Crippen LogP contribution in [0.25, 0.3) is 0 Å². The average Bonchev–Trinajstić information content (AvgIpc) is 2.78. The van der Waals surface area contributed by atoms with Crippen LogP contribution in [-0.4, -0.2) is 28.1 Å². The van der Waals surface area contributed by atoms with Gasteiger partial charge in [0.2, 0.25) is 0 Å². The number of halogens is 1. The first kappa shape index (κ1) is 21.8. The zero-order chi connectivity index (χ0) is 22.9. The number of carbonyl (C=O) groups is 3. The third-order valence-corrected chi connectivity index (χ3v) is 6.18. The monoisotopic (exact) mass is 430 g/mol. The first-order valence-electron chi connectivity index (χ1n) is 10.5. The second kappa shape index (κ2) is 8.60. The summed E-state index contributed by atoms with van der Waals surface area (Å²) in [5.74, 6) is -5.16. The Hall–Kier alpha value is -3.44. The molecule has 4 rings (SSSR count). The molecule has 5 heteroatoms. The minimum absolute atomic E-state index is 0.333. The Morgan fingerprint density at radius 3 is 2.00 bits per heavy atom. The van der Waals surface area contributed by atoms with Crippen molar-refractivity contribution in [3.63, 3.8) is 0 Å². The van der Waals surface area contributed by atoms with Crippen molar-refractivity contribution in [1.29, 1.82) is 0 Å². The van der Waals surface area contributed by atoms with Crippen LogP contribution in [0.2, 0.25) is 0 Å². The molecule has 1 aliphatic rings. The predicted octanol–water partition coefficient (Wildman–Crippen LogP) is 4.63. The fourth-order valence-corrected chi connectivity index (χ4v) is 4.77. The van der Waals surface area contributed by atoms with E-state index in [-0.39, 0.29) is 12.2 Å². The lowest BCUT2D eigenvalue weighted by Crippen LogP contribution is -2.54. The minimum atomic E-state index is -1.70.